The zero-order valence-electron chi connectivity index (χ0n) is 17.5. The van der Waals surface area contributed by atoms with E-state index in [9.17, 15) is 27.6 Å². The zero-order valence-corrected chi connectivity index (χ0v) is 17.5. The molecule has 0 atom stereocenters. The summed E-state index contributed by atoms with van der Waals surface area (Å²) in [5.74, 6) is 0.122. The first-order valence-electron chi connectivity index (χ1n) is 9.92. The summed E-state index contributed by atoms with van der Waals surface area (Å²) >= 11 is 0. The molecule has 0 fully saturated rings. The Morgan fingerprint density at radius 2 is 1.62 bits per heavy atom. The van der Waals surface area contributed by atoms with Crippen LogP contribution in [0.5, 0.6) is 5.75 Å². The van der Waals surface area contributed by atoms with E-state index in [-0.39, 0.29) is 35.5 Å². The minimum atomic E-state index is -4.73. The minimum absolute atomic E-state index is 0.122. The number of benzene rings is 2. The van der Waals surface area contributed by atoms with E-state index in [1.165, 1.54) is 24.3 Å². The van der Waals surface area contributed by atoms with Gasteiger partial charge in [0.15, 0.2) is 0 Å². The Hall–Kier alpha value is -4.28. The summed E-state index contributed by atoms with van der Waals surface area (Å²) in [5.41, 5.74) is -2.25. The quantitative estimate of drug-likeness (QED) is 0.402. The van der Waals surface area contributed by atoms with Crippen LogP contribution < -0.4 is 21.3 Å². The molecule has 176 valence electrons. The van der Waals surface area contributed by atoms with Crippen molar-refractivity contribution in [3.8, 4) is 5.75 Å². The van der Waals surface area contributed by atoms with Crippen LogP contribution in [0.2, 0.25) is 0 Å². The standard InChI is InChI=1S/C23H16F3NO7/c1-2-31-22(30)27-13-3-5-15-12(7-20(28)33-18(15)8-13)11-32-14-4-6-16-17(23(24,25)26)10-21(29)34-19(16)9-14/h3-10H,2,11H2,1H3,(H,27,30). The number of nitrogens with one attached hydrogen (secondary N) is 1. The van der Waals surface area contributed by atoms with Crippen molar-refractivity contribution >= 4 is 33.7 Å². The van der Waals surface area contributed by atoms with E-state index < -0.39 is 29.1 Å². The fourth-order valence-corrected chi connectivity index (χ4v) is 3.34. The number of fused-ring (bicyclic) bond motifs is 2. The largest absolute Gasteiger partial charge is 0.489 e. The molecule has 4 rings (SSSR count). The Labute approximate surface area is 188 Å². The van der Waals surface area contributed by atoms with Crippen LogP contribution in [0.1, 0.15) is 18.1 Å². The van der Waals surface area contributed by atoms with Gasteiger partial charge in [-0.05, 0) is 31.2 Å². The number of anilines is 1. The predicted molar refractivity (Wildman–Crippen MR) is 115 cm³/mol. The Morgan fingerprint density at radius 1 is 0.941 bits per heavy atom. The summed E-state index contributed by atoms with van der Waals surface area (Å²) in [4.78, 5) is 35.2. The lowest BCUT2D eigenvalue weighted by Crippen LogP contribution is -2.13. The number of alkyl halides is 3. The number of ether oxygens (including phenoxy) is 2. The number of hydrogen-bond donors (Lipinski definition) is 1. The highest BCUT2D eigenvalue weighted by molar-refractivity contribution is 5.90. The van der Waals surface area contributed by atoms with E-state index >= 15 is 0 Å². The molecule has 0 aliphatic rings. The molecule has 0 unspecified atom stereocenters. The number of carbonyl (C=O) groups is 1. The van der Waals surface area contributed by atoms with Gasteiger partial charge >= 0.3 is 23.5 Å². The third-order valence-electron chi connectivity index (χ3n) is 4.77. The van der Waals surface area contributed by atoms with E-state index in [0.29, 0.717) is 22.7 Å². The van der Waals surface area contributed by atoms with Gasteiger partial charge in [-0.15, -0.1) is 0 Å². The minimum Gasteiger partial charge on any atom is -0.489 e. The van der Waals surface area contributed by atoms with Crippen molar-refractivity contribution in [2.45, 2.75) is 19.7 Å². The van der Waals surface area contributed by atoms with E-state index in [0.717, 1.165) is 6.07 Å². The highest BCUT2D eigenvalue weighted by Gasteiger charge is 2.33. The van der Waals surface area contributed by atoms with E-state index in [4.69, 9.17) is 18.3 Å². The normalized spacial score (nSPS) is 11.5. The van der Waals surface area contributed by atoms with Crippen molar-refractivity contribution in [2.75, 3.05) is 11.9 Å². The zero-order chi connectivity index (χ0) is 24.5. The highest BCUT2D eigenvalue weighted by Crippen LogP contribution is 2.35. The molecule has 34 heavy (non-hydrogen) atoms. The van der Waals surface area contributed by atoms with Crippen LogP contribution in [0.4, 0.5) is 23.7 Å². The van der Waals surface area contributed by atoms with E-state index in [1.54, 1.807) is 19.1 Å². The van der Waals surface area contributed by atoms with Crippen molar-refractivity contribution in [1.29, 1.82) is 0 Å². The maximum atomic E-state index is 13.2. The first-order valence-corrected chi connectivity index (χ1v) is 9.92. The van der Waals surface area contributed by atoms with Gasteiger partial charge in [-0.3, -0.25) is 5.32 Å². The second-order valence-corrected chi connectivity index (χ2v) is 7.07. The van der Waals surface area contributed by atoms with Crippen LogP contribution in [-0.4, -0.2) is 12.7 Å². The number of hydrogen-bond acceptors (Lipinski definition) is 7. The Morgan fingerprint density at radius 3 is 2.32 bits per heavy atom. The SMILES string of the molecule is CCOC(=O)Nc1ccc2c(COc3ccc4c(C(F)(F)F)cc(=O)oc4c3)cc(=O)oc2c1. The summed E-state index contributed by atoms with van der Waals surface area (Å²) in [7, 11) is 0. The summed E-state index contributed by atoms with van der Waals surface area (Å²) in [6.45, 7) is 1.71. The lowest BCUT2D eigenvalue weighted by molar-refractivity contribution is -0.136. The van der Waals surface area contributed by atoms with Crippen LogP contribution in [0, 0.1) is 0 Å². The summed E-state index contributed by atoms with van der Waals surface area (Å²) < 4.78 is 60.2. The molecule has 4 aromatic rings. The molecule has 8 nitrogen and oxygen atoms in total. The Bertz CT molecular complexity index is 1500. The van der Waals surface area contributed by atoms with Crippen molar-refractivity contribution in [1.82, 2.24) is 0 Å². The predicted octanol–water partition coefficient (Wildman–Crippen LogP) is 5.07. The van der Waals surface area contributed by atoms with Crippen LogP contribution >= 0.6 is 0 Å². The average molecular weight is 475 g/mol. The first kappa shape index (κ1) is 22.9. The monoisotopic (exact) mass is 475 g/mol. The molecule has 0 saturated carbocycles. The smallest absolute Gasteiger partial charge is 0.417 e. The van der Waals surface area contributed by atoms with Gasteiger partial charge in [0.05, 0.1) is 12.2 Å². The number of carbonyl (C=O) groups excluding carboxylic acids is 1. The molecular weight excluding hydrogens is 459 g/mol. The number of amides is 1. The fraction of sp³-hybridized carbons (Fsp3) is 0.174. The van der Waals surface area contributed by atoms with Gasteiger partial charge in [0, 0.05) is 46.3 Å². The molecule has 0 bridgehead atoms. The third kappa shape index (κ3) is 4.87. The van der Waals surface area contributed by atoms with E-state index in [1.807, 2.05) is 0 Å². The molecule has 11 heteroatoms. The molecule has 1 N–H and O–H groups in total. The molecule has 0 saturated heterocycles. The molecule has 0 aliphatic carbocycles. The van der Waals surface area contributed by atoms with Gasteiger partial charge in [-0.2, -0.15) is 13.2 Å². The maximum absolute atomic E-state index is 13.2. The summed E-state index contributed by atoms with van der Waals surface area (Å²) in [6.07, 6.45) is -5.39. The topological polar surface area (TPSA) is 108 Å². The van der Waals surface area contributed by atoms with Crippen LogP contribution in [0.25, 0.3) is 21.9 Å². The number of rotatable bonds is 5. The molecular formula is C23H16F3NO7. The second kappa shape index (κ2) is 8.93. The van der Waals surface area contributed by atoms with Gasteiger partial charge in [-0.25, -0.2) is 14.4 Å². The van der Waals surface area contributed by atoms with Gasteiger partial charge in [-0.1, -0.05) is 0 Å². The summed E-state index contributed by atoms with van der Waals surface area (Å²) in [6, 6.07) is 9.84. The Kier molecular flexibility index (Phi) is 6.01. The van der Waals surface area contributed by atoms with E-state index in [2.05, 4.69) is 5.32 Å². The second-order valence-electron chi connectivity index (χ2n) is 7.07. The van der Waals surface area contributed by atoms with Crippen molar-refractivity contribution < 1.29 is 36.3 Å². The molecule has 2 aromatic carbocycles. The van der Waals surface area contributed by atoms with Crippen molar-refractivity contribution in [2.24, 2.45) is 0 Å². The van der Waals surface area contributed by atoms with Gasteiger partial charge in [0.1, 0.15) is 23.5 Å². The van der Waals surface area contributed by atoms with Crippen LogP contribution in [0.15, 0.2) is 67.0 Å². The third-order valence-corrected chi connectivity index (χ3v) is 4.77. The van der Waals surface area contributed by atoms with Crippen LogP contribution in [-0.2, 0) is 17.5 Å². The van der Waals surface area contributed by atoms with Gasteiger partial charge in [0.25, 0.3) is 0 Å². The highest BCUT2D eigenvalue weighted by atomic mass is 19.4. The maximum Gasteiger partial charge on any atom is 0.417 e. The average Bonchev–Trinajstić information content (AvgIpc) is 2.75. The van der Waals surface area contributed by atoms with Crippen molar-refractivity contribution in [3.05, 3.63) is 80.5 Å². The molecule has 2 heterocycles. The van der Waals surface area contributed by atoms with Crippen molar-refractivity contribution in [3.63, 3.8) is 0 Å². The molecule has 0 radical (unpaired) electrons. The van der Waals surface area contributed by atoms with Crippen LogP contribution in [0.3, 0.4) is 0 Å². The lowest BCUT2D eigenvalue weighted by atomic mass is 10.1. The molecule has 2 aromatic heterocycles. The summed E-state index contributed by atoms with van der Waals surface area (Å²) in [5, 5.41) is 2.73. The molecule has 0 spiro atoms. The van der Waals surface area contributed by atoms with Gasteiger partial charge < -0.3 is 18.3 Å². The van der Waals surface area contributed by atoms with Gasteiger partial charge in [0.2, 0.25) is 0 Å². The molecule has 1 amide bonds. The fourth-order valence-electron chi connectivity index (χ4n) is 3.34. The number of halogens is 3. The lowest BCUT2D eigenvalue weighted by Gasteiger charge is -2.12. The molecule has 0 aliphatic heterocycles. The Balaban J connectivity index is 1.62. The first-order chi connectivity index (χ1) is 16.1.